The molecule has 1 amide bonds. The Bertz CT molecular complexity index is 586. The Labute approximate surface area is 129 Å². The number of methoxy groups -OCH3 is 1. The van der Waals surface area contributed by atoms with E-state index in [0.29, 0.717) is 24.1 Å². The van der Waals surface area contributed by atoms with Gasteiger partial charge in [0.15, 0.2) is 0 Å². The monoisotopic (exact) mass is 303 g/mol. The molecule has 2 fully saturated rings. The highest BCUT2D eigenvalue weighted by molar-refractivity contribution is 5.91. The molecule has 2 aliphatic carbocycles. The lowest BCUT2D eigenvalue weighted by molar-refractivity contribution is -0.123. The zero-order valence-electron chi connectivity index (χ0n) is 12.7. The number of carboxylic acids is 1. The first-order valence-electron chi connectivity index (χ1n) is 7.79. The standard InChI is InChI=1S/C17H21NO4/c1-22-14-8-10(6-7-13(14)17(20)21)9-18-16(19)15-11-4-2-3-5-12(11)15/h6-8,11-12,15H,2-5,9H2,1H3,(H,18,19)(H,20,21)/t11-,12+,15?. The van der Waals surface area contributed by atoms with E-state index in [4.69, 9.17) is 9.84 Å². The minimum Gasteiger partial charge on any atom is -0.496 e. The molecule has 0 saturated heterocycles. The van der Waals surface area contributed by atoms with E-state index in [0.717, 1.165) is 5.56 Å². The Balaban J connectivity index is 1.59. The Morgan fingerprint density at radius 2 is 1.95 bits per heavy atom. The van der Waals surface area contributed by atoms with Crippen molar-refractivity contribution >= 4 is 11.9 Å². The van der Waals surface area contributed by atoms with Crippen molar-refractivity contribution in [2.45, 2.75) is 32.2 Å². The van der Waals surface area contributed by atoms with Gasteiger partial charge in [0.05, 0.1) is 7.11 Å². The van der Waals surface area contributed by atoms with Crippen LogP contribution in [0.5, 0.6) is 5.75 Å². The SMILES string of the molecule is COc1cc(CNC(=O)C2[C@H]3CCCC[C@@H]23)ccc1C(=O)O. The molecule has 0 radical (unpaired) electrons. The molecule has 0 aliphatic heterocycles. The molecule has 2 N–H and O–H groups in total. The quantitative estimate of drug-likeness (QED) is 0.876. The van der Waals surface area contributed by atoms with E-state index in [1.165, 1.54) is 38.9 Å². The Kier molecular flexibility index (Phi) is 4.05. The minimum absolute atomic E-state index is 0.130. The van der Waals surface area contributed by atoms with E-state index in [1.54, 1.807) is 12.1 Å². The number of carboxylic acid groups (broad SMARTS) is 1. The van der Waals surface area contributed by atoms with Crippen molar-refractivity contribution < 1.29 is 19.4 Å². The number of aromatic carboxylic acids is 1. The molecule has 1 aromatic rings. The van der Waals surface area contributed by atoms with Crippen LogP contribution in [0.4, 0.5) is 0 Å². The number of hydrogen-bond donors (Lipinski definition) is 2. The molecular formula is C17H21NO4. The lowest BCUT2D eigenvalue weighted by Gasteiger charge is -2.09. The van der Waals surface area contributed by atoms with Crippen molar-refractivity contribution in [3.8, 4) is 5.75 Å². The van der Waals surface area contributed by atoms with E-state index in [-0.39, 0.29) is 17.4 Å². The van der Waals surface area contributed by atoms with Crippen LogP contribution in [0, 0.1) is 17.8 Å². The summed E-state index contributed by atoms with van der Waals surface area (Å²) in [5.41, 5.74) is 0.976. The average Bonchev–Trinajstić information content (AvgIpc) is 3.26. The summed E-state index contributed by atoms with van der Waals surface area (Å²) in [5, 5.41) is 12.0. The highest BCUT2D eigenvalue weighted by atomic mass is 16.5. The molecule has 5 nitrogen and oxygen atoms in total. The van der Waals surface area contributed by atoms with E-state index in [9.17, 15) is 9.59 Å². The number of ether oxygens (including phenoxy) is 1. The van der Waals surface area contributed by atoms with Crippen LogP contribution in [0.1, 0.15) is 41.6 Å². The van der Waals surface area contributed by atoms with Crippen LogP contribution in [-0.2, 0) is 11.3 Å². The lowest BCUT2D eigenvalue weighted by atomic mass is 10.0. The summed E-state index contributed by atoms with van der Waals surface area (Å²) in [7, 11) is 1.44. The number of hydrogen-bond acceptors (Lipinski definition) is 3. The van der Waals surface area contributed by atoms with E-state index in [2.05, 4.69) is 5.32 Å². The maximum absolute atomic E-state index is 12.2. The van der Waals surface area contributed by atoms with E-state index in [1.807, 2.05) is 0 Å². The zero-order valence-corrected chi connectivity index (χ0v) is 12.7. The summed E-state index contributed by atoms with van der Waals surface area (Å²) in [4.78, 5) is 23.3. The summed E-state index contributed by atoms with van der Waals surface area (Å²) in [5.74, 6) is 0.824. The molecule has 22 heavy (non-hydrogen) atoms. The van der Waals surface area contributed by atoms with Gasteiger partial charge in [-0.05, 0) is 42.4 Å². The van der Waals surface area contributed by atoms with E-state index < -0.39 is 5.97 Å². The van der Waals surface area contributed by atoms with Gasteiger partial charge in [-0.1, -0.05) is 18.9 Å². The third-order valence-corrected chi connectivity index (χ3v) is 4.92. The van der Waals surface area contributed by atoms with Gasteiger partial charge in [-0.3, -0.25) is 4.79 Å². The van der Waals surface area contributed by atoms with Crippen molar-refractivity contribution in [2.24, 2.45) is 17.8 Å². The molecule has 3 atom stereocenters. The van der Waals surface area contributed by atoms with Crippen LogP contribution >= 0.6 is 0 Å². The summed E-state index contributed by atoms with van der Waals surface area (Å²) in [6.07, 6.45) is 4.87. The third-order valence-electron chi connectivity index (χ3n) is 4.92. The second kappa shape index (κ2) is 5.99. The van der Waals surface area contributed by atoms with Crippen molar-refractivity contribution in [2.75, 3.05) is 7.11 Å². The first-order chi connectivity index (χ1) is 10.6. The highest BCUT2D eigenvalue weighted by Crippen LogP contribution is 2.55. The fraction of sp³-hybridized carbons (Fsp3) is 0.529. The largest absolute Gasteiger partial charge is 0.496 e. The summed E-state index contributed by atoms with van der Waals surface area (Å²) >= 11 is 0. The van der Waals surface area contributed by atoms with E-state index >= 15 is 0 Å². The summed E-state index contributed by atoms with van der Waals surface area (Å²) < 4.78 is 5.10. The van der Waals surface area contributed by atoms with Gasteiger partial charge in [-0.2, -0.15) is 0 Å². The molecule has 118 valence electrons. The molecule has 1 aromatic carbocycles. The predicted molar refractivity (Wildman–Crippen MR) is 80.7 cm³/mol. The van der Waals surface area contributed by atoms with Crippen molar-refractivity contribution in [1.82, 2.24) is 5.32 Å². The van der Waals surface area contributed by atoms with Crippen LogP contribution in [0.3, 0.4) is 0 Å². The second-order valence-corrected chi connectivity index (χ2v) is 6.20. The third kappa shape index (κ3) is 2.80. The van der Waals surface area contributed by atoms with Crippen LogP contribution in [0.2, 0.25) is 0 Å². The molecule has 2 saturated carbocycles. The lowest BCUT2D eigenvalue weighted by Crippen LogP contribution is -2.25. The van der Waals surface area contributed by atoms with Crippen molar-refractivity contribution in [3.05, 3.63) is 29.3 Å². The topological polar surface area (TPSA) is 75.6 Å². The number of amides is 1. The molecule has 2 aliphatic rings. The molecule has 0 bridgehead atoms. The number of fused-ring (bicyclic) bond motifs is 1. The second-order valence-electron chi connectivity index (χ2n) is 6.20. The molecule has 0 spiro atoms. The number of nitrogens with one attached hydrogen (secondary N) is 1. The first kappa shape index (κ1) is 14.9. The fourth-order valence-electron chi connectivity index (χ4n) is 3.71. The summed E-state index contributed by atoms with van der Waals surface area (Å²) in [6, 6.07) is 4.90. The number of carbonyl (C=O) groups excluding carboxylic acids is 1. The molecule has 1 unspecified atom stereocenters. The molecular weight excluding hydrogens is 282 g/mol. The average molecular weight is 303 g/mol. The maximum Gasteiger partial charge on any atom is 0.339 e. The Morgan fingerprint density at radius 1 is 1.27 bits per heavy atom. The van der Waals surface area contributed by atoms with Crippen LogP contribution in [0.15, 0.2) is 18.2 Å². The Hall–Kier alpha value is -2.04. The number of benzene rings is 1. The zero-order chi connectivity index (χ0) is 15.7. The maximum atomic E-state index is 12.2. The molecule has 0 aromatic heterocycles. The molecule has 5 heteroatoms. The van der Waals surface area contributed by atoms with Crippen LogP contribution in [0.25, 0.3) is 0 Å². The minimum atomic E-state index is -1.02. The fourth-order valence-corrected chi connectivity index (χ4v) is 3.71. The summed E-state index contributed by atoms with van der Waals surface area (Å²) in [6.45, 7) is 0.408. The molecule has 3 rings (SSSR count). The van der Waals surface area contributed by atoms with Crippen molar-refractivity contribution in [3.63, 3.8) is 0 Å². The Morgan fingerprint density at radius 3 is 2.55 bits per heavy atom. The highest BCUT2D eigenvalue weighted by Gasteiger charge is 2.54. The first-order valence-corrected chi connectivity index (χ1v) is 7.79. The normalized spacial score (nSPS) is 26.0. The van der Waals surface area contributed by atoms with Crippen molar-refractivity contribution in [1.29, 1.82) is 0 Å². The van der Waals surface area contributed by atoms with Gasteiger partial charge in [-0.25, -0.2) is 4.79 Å². The van der Waals surface area contributed by atoms with Gasteiger partial charge in [0.2, 0.25) is 5.91 Å². The van der Waals surface area contributed by atoms with Gasteiger partial charge >= 0.3 is 5.97 Å². The van der Waals surface area contributed by atoms with Gasteiger partial charge in [-0.15, -0.1) is 0 Å². The number of carbonyl (C=O) groups is 2. The van der Waals surface area contributed by atoms with Gasteiger partial charge < -0.3 is 15.2 Å². The van der Waals surface area contributed by atoms with Gasteiger partial charge in [0.1, 0.15) is 11.3 Å². The van der Waals surface area contributed by atoms with Crippen LogP contribution < -0.4 is 10.1 Å². The van der Waals surface area contributed by atoms with Crippen LogP contribution in [-0.4, -0.2) is 24.1 Å². The number of rotatable bonds is 5. The van der Waals surface area contributed by atoms with Gasteiger partial charge in [0.25, 0.3) is 0 Å². The predicted octanol–water partition coefficient (Wildman–Crippen LogP) is 2.45. The molecule has 0 heterocycles. The van der Waals surface area contributed by atoms with Gasteiger partial charge in [0, 0.05) is 12.5 Å². The smallest absolute Gasteiger partial charge is 0.339 e.